The number of hydrogen-bond acceptors (Lipinski definition) is 3. The Balaban J connectivity index is 1.42. The minimum atomic E-state index is -0.697. The van der Waals surface area contributed by atoms with Gasteiger partial charge in [0.1, 0.15) is 5.69 Å². The Morgan fingerprint density at radius 2 is 1.19 bits per heavy atom. The summed E-state index contributed by atoms with van der Waals surface area (Å²) in [6.07, 6.45) is 5.56. The smallest absolute Gasteiger partial charge is 0.157 e. The van der Waals surface area contributed by atoms with Crippen LogP contribution in [0.5, 0.6) is 0 Å². The molecule has 0 spiro atoms. The van der Waals surface area contributed by atoms with E-state index in [0.717, 1.165) is 53.4 Å². The quantitative estimate of drug-likeness (QED) is 0.275. The van der Waals surface area contributed by atoms with Crippen molar-refractivity contribution in [3.8, 4) is 11.3 Å². The summed E-state index contributed by atoms with van der Waals surface area (Å²) in [7, 11) is 0. The van der Waals surface area contributed by atoms with Crippen molar-refractivity contribution >= 4 is 0 Å². The van der Waals surface area contributed by atoms with Gasteiger partial charge < -0.3 is 5.32 Å². The highest BCUT2D eigenvalue weighted by Crippen LogP contribution is 2.40. The summed E-state index contributed by atoms with van der Waals surface area (Å²) in [5.41, 5.74) is 6.02. The van der Waals surface area contributed by atoms with E-state index in [4.69, 9.17) is 10.2 Å². The molecule has 4 heteroatoms. The number of benzene rings is 4. The molecule has 0 atom stereocenters. The van der Waals surface area contributed by atoms with Crippen molar-refractivity contribution in [1.82, 2.24) is 20.3 Å². The first-order valence-electron chi connectivity index (χ1n) is 13.2. The lowest BCUT2D eigenvalue weighted by atomic mass is 9.77. The van der Waals surface area contributed by atoms with Gasteiger partial charge >= 0.3 is 0 Å². The van der Waals surface area contributed by atoms with Crippen molar-refractivity contribution in [2.75, 3.05) is 13.1 Å². The van der Waals surface area contributed by atoms with E-state index < -0.39 is 5.54 Å². The van der Waals surface area contributed by atoms with E-state index in [2.05, 4.69) is 121 Å². The van der Waals surface area contributed by atoms with Crippen molar-refractivity contribution in [2.45, 2.75) is 24.8 Å². The zero-order valence-corrected chi connectivity index (χ0v) is 21.0. The molecule has 0 unspecified atom stereocenters. The maximum absolute atomic E-state index is 5.12. The first-order valence-corrected chi connectivity index (χ1v) is 13.2. The molecule has 0 saturated carbocycles. The number of nitrogens with one attached hydrogen (secondary N) is 1. The average Bonchev–Trinajstić information content (AvgIpc) is 3.47. The Kier molecular flexibility index (Phi) is 6.66. The summed E-state index contributed by atoms with van der Waals surface area (Å²) in [6.45, 7) is 2.27. The zero-order valence-electron chi connectivity index (χ0n) is 21.0. The molecule has 4 nitrogen and oxygen atoms in total. The van der Waals surface area contributed by atoms with Crippen molar-refractivity contribution < 1.29 is 0 Å². The molecule has 2 heterocycles. The molecule has 184 valence electrons. The highest BCUT2D eigenvalue weighted by molar-refractivity contribution is 5.59. The van der Waals surface area contributed by atoms with E-state index in [-0.39, 0.29) is 0 Å². The number of aromatic nitrogens is 3. The van der Waals surface area contributed by atoms with Gasteiger partial charge in [0.15, 0.2) is 5.54 Å². The lowest BCUT2D eigenvalue weighted by Gasteiger charge is -2.34. The summed E-state index contributed by atoms with van der Waals surface area (Å²) in [5.74, 6) is 0.774. The second-order valence-electron chi connectivity index (χ2n) is 9.92. The Labute approximate surface area is 219 Å². The van der Waals surface area contributed by atoms with Gasteiger partial charge in [-0.3, -0.25) is 0 Å². The maximum atomic E-state index is 5.12. The normalized spacial score (nSPS) is 14.5. The minimum Gasteiger partial charge on any atom is -0.317 e. The lowest BCUT2D eigenvalue weighted by molar-refractivity contribution is 0.372. The third-order valence-corrected chi connectivity index (χ3v) is 7.60. The van der Waals surface area contributed by atoms with Gasteiger partial charge in [-0.2, -0.15) is 15.0 Å². The molecule has 0 aliphatic carbocycles. The molecule has 1 aliphatic heterocycles. The van der Waals surface area contributed by atoms with Crippen LogP contribution < -0.4 is 5.32 Å². The second-order valence-corrected chi connectivity index (χ2v) is 9.92. The lowest BCUT2D eigenvalue weighted by Crippen LogP contribution is -2.39. The van der Waals surface area contributed by atoms with Gasteiger partial charge in [-0.15, -0.1) is 0 Å². The fraction of sp³-hybridized carbons (Fsp3) is 0.212. The van der Waals surface area contributed by atoms with Crippen LogP contribution in [-0.4, -0.2) is 28.1 Å². The standard InChI is InChI=1S/C33H32N4/c1-4-10-29(11-5-1)33(30-12-6-2-7-13-30,31-14-8-3-9-15-31)37-35-25-32(36-37)28-18-16-26(17-19-28)24-27-20-22-34-23-21-27/h1-19,25,27,34H,20-24H2. The summed E-state index contributed by atoms with van der Waals surface area (Å²) in [4.78, 5) is 1.89. The van der Waals surface area contributed by atoms with Crippen LogP contribution in [0.1, 0.15) is 35.1 Å². The van der Waals surface area contributed by atoms with E-state index in [0.29, 0.717) is 0 Å². The summed E-state index contributed by atoms with van der Waals surface area (Å²) < 4.78 is 0. The molecule has 1 saturated heterocycles. The van der Waals surface area contributed by atoms with E-state index in [1.165, 1.54) is 18.4 Å². The van der Waals surface area contributed by atoms with Gasteiger partial charge in [-0.25, -0.2) is 0 Å². The molecule has 0 bridgehead atoms. The second kappa shape index (κ2) is 10.5. The molecular formula is C33H32N4. The first kappa shape index (κ1) is 23.4. The number of nitrogens with zero attached hydrogens (tertiary/aromatic N) is 3. The molecule has 6 rings (SSSR count). The fourth-order valence-electron chi connectivity index (χ4n) is 5.67. The van der Waals surface area contributed by atoms with Crippen LogP contribution in [0.3, 0.4) is 0 Å². The highest BCUT2D eigenvalue weighted by atomic mass is 15.5. The number of rotatable bonds is 7. The van der Waals surface area contributed by atoms with Crippen LogP contribution in [0, 0.1) is 5.92 Å². The van der Waals surface area contributed by atoms with Gasteiger partial charge in [0.25, 0.3) is 0 Å². The molecule has 4 aromatic carbocycles. The number of piperidine rings is 1. The minimum absolute atomic E-state index is 0.697. The predicted molar refractivity (Wildman–Crippen MR) is 149 cm³/mol. The van der Waals surface area contributed by atoms with Crippen LogP contribution in [0.2, 0.25) is 0 Å². The zero-order chi connectivity index (χ0) is 24.9. The van der Waals surface area contributed by atoms with Crippen molar-refractivity contribution in [2.24, 2.45) is 5.92 Å². The average molecular weight is 485 g/mol. The van der Waals surface area contributed by atoms with Crippen LogP contribution in [0.25, 0.3) is 11.3 Å². The third kappa shape index (κ3) is 4.61. The largest absolute Gasteiger partial charge is 0.317 e. The monoisotopic (exact) mass is 484 g/mol. The Hall–Kier alpha value is -4.02. The van der Waals surface area contributed by atoms with Crippen molar-refractivity contribution in [1.29, 1.82) is 0 Å². The van der Waals surface area contributed by atoms with E-state index >= 15 is 0 Å². The fourth-order valence-corrected chi connectivity index (χ4v) is 5.67. The first-order chi connectivity index (χ1) is 18.3. The SMILES string of the molecule is c1ccc(C(c2ccccc2)(c2ccccc2)n2ncc(-c3ccc(CC4CCNCC4)cc3)n2)cc1. The summed E-state index contributed by atoms with van der Waals surface area (Å²) in [6, 6.07) is 40.6. The van der Waals surface area contributed by atoms with Crippen molar-refractivity contribution in [3.05, 3.63) is 144 Å². The van der Waals surface area contributed by atoms with Crippen molar-refractivity contribution in [3.63, 3.8) is 0 Å². The van der Waals surface area contributed by atoms with Crippen LogP contribution in [-0.2, 0) is 12.0 Å². The molecule has 5 aromatic rings. The third-order valence-electron chi connectivity index (χ3n) is 7.60. The topological polar surface area (TPSA) is 42.7 Å². The van der Waals surface area contributed by atoms with Crippen LogP contribution >= 0.6 is 0 Å². The number of hydrogen-bond donors (Lipinski definition) is 1. The Morgan fingerprint density at radius 3 is 1.70 bits per heavy atom. The Bertz CT molecular complexity index is 1310. The van der Waals surface area contributed by atoms with Gasteiger partial charge in [0, 0.05) is 5.56 Å². The molecular weight excluding hydrogens is 452 g/mol. The molecule has 37 heavy (non-hydrogen) atoms. The van der Waals surface area contributed by atoms with Gasteiger partial charge in [0.05, 0.1) is 6.20 Å². The molecule has 0 radical (unpaired) electrons. The van der Waals surface area contributed by atoms with E-state index in [1.807, 2.05) is 11.0 Å². The molecule has 1 N–H and O–H groups in total. The van der Waals surface area contributed by atoms with Gasteiger partial charge in [-0.1, -0.05) is 115 Å². The van der Waals surface area contributed by atoms with E-state index in [1.54, 1.807) is 0 Å². The van der Waals surface area contributed by atoms with Gasteiger partial charge in [-0.05, 0) is 60.5 Å². The highest BCUT2D eigenvalue weighted by Gasteiger charge is 2.40. The molecule has 0 amide bonds. The van der Waals surface area contributed by atoms with Crippen LogP contribution in [0.4, 0.5) is 0 Å². The summed E-state index contributed by atoms with van der Waals surface area (Å²) in [5, 5.41) is 13.5. The Morgan fingerprint density at radius 1 is 0.676 bits per heavy atom. The molecule has 1 aliphatic rings. The molecule has 1 aromatic heterocycles. The summed E-state index contributed by atoms with van der Waals surface area (Å²) >= 11 is 0. The van der Waals surface area contributed by atoms with Crippen LogP contribution in [0.15, 0.2) is 121 Å². The maximum Gasteiger partial charge on any atom is 0.157 e. The van der Waals surface area contributed by atoms with Gasteiger partial charge in [0.2, 0.25) is 0 Å². The van der Waals surface area contributed by atoms with E-state index in [9.17, 15) is 0 Å². The predicted octanol–water partition coefficient (Wildman–Crippen LogP) is 6.33. The molecule has 1 fully saturated rings.